The Balaban J connectivity index is 3.05. The van der Waals surface area contributed by atoms with Crippen molar-refractivity contribution in [1.29, 1.82) is 0 Å². The molecule has 1 rings (SSSR count). The number of rotatable bonds is 2. The molecule has 98 valence electrons. The molecule has 0 unspecified atom stereocenters. The normalized spacial score (nSPS) is 10.1. The lowest BCUT2D eigenvalue weighted by molar-refractivity contribution is -0.152. The van der Waals surface area contributed by atoms with Crippen molar-refractivity contribution in [2.75, 3.05) is 11.9 Å². The zero-order valence-electron chi connectivity index (χ0n) is 9.02. The lowest BCUT2D eigenvalue weighted by Gasteiger charge is -2.08. The molecule has 18 heavy (non-hydrogen) atoms. The topological polar surface area (TPSA) is 55.4 Å². The van der Waals surface area contributed by atoms with Crippen LogP contribution in [0.1, 0.15) is 6.92 Å². The molecule has 0 fully saturated rings. The van der Waals surface area contributed by atoms with Crippen LogP contribution in [0.25, 0.3) is 0 Å². The standard InChI is InChI=1S/C10H7F4NO3/c1-2-18-10(17)9(16)15-8-6(13)4(11)3-5(12)7(8)14/h3H,2H2,1H3,(H,15,16). The van der Waals surface area contributed by atoms with Gasteiger partial charge in [-0.3, -0.25) is 4.79 Å². The molecule has 1 aromatic carbocycles. The van der Waals surface area contributed by atoms with Gasteiger partial charge in [0.05, 0.1) is 6.61 Å². The molecular weight excluding hydrogens is 258 g/mol. The number of esters is 1. The summed E-state index contributed by atoms with van der Waals surface area (Å²) in [6.45, 7) is 1.25. The number of hydrogen-bond acceptors (Lipinski definition) is 3. The fourth-order valence-electron chi connectivity index (χ4n) is 1.04. The van der Waals surface area contributed by atoms with Crippen molar-refractivity contribution in [1.82, 2.24) is 0 Å². The van der Waals surface area contributed by atoms with E-state index in [-0.39, 0.29) is 12.7 Å². The van der Waals surface area contributed by atoms with Crippen LogP contribution in [0.4, 0.5) is 23.2 Å². The van der Waals surface area contributed by atoms with Gasteiger partial charge in [0.1, 0.15) is 5.69 Å². The highest BCUT2D eigenvalue weighted by Crippen LogP contribution is 2.23. The van der Waals surface area contributed by atoms with Crippen molar-refractivity contribution < 1.29 is 31.9 Å². The molecule has 0 aliphatic carbocycles. The summed E-state index contributed by atoms with van der Waals surface area (Å²) in [5.74, 6) is -10.0. The van der Waals surface area contributed by atoms with Crippen molar-refractivity contribution in [2.24, 2.45) is 0 Å². The minimum absolute atomic E-state index is 0.0231. The summed E-state index contributed by atoms with van der Waals surface area (Å²) >= 11 is 0. The van der Waals surface area contributed by atoms with Crippen LogP contribution >= 0.6 is 0 Å². The van der Waals surface area contributed by atoms with E-state index < -0.39 is 40.8 Å². The molecule has 1 N–H and O–H groups in total. The largest absolute Gasteiger partial charge is 0.459 e. The maximum Gasteiger partial charge on any atom is 0.397 e. The Morgan fingerprint density at radius 1 is 1.17 bits per heavy atom. The first-order valence-electron chi connectivity index (χ1n) is 4.69. The van der Waals surface area contributed by atoms with Crippen LogP contribution in [-0.2, 0) is 14.3 Å². The number of benzene rings is 1. The summed E-state index contributed by atoms with van der Waals surface area (Å²) in [7, 11) is 0. The van der Waals surface area contributed by atoms with Crippen LogP contribution in [0.2, 0.25) is 0 Å². The highest BCUT2D eigenvalue weighted by atomic mass is 19.2. The zero-order valence-corrected chi connectivity index (χ0v) is 9.02. The van der Waals surface area contributed by atoms with Gasteiger partial charge in [0.15, 0.2) is 23.3 Å². The van der Waals surface area contributed by atoms with E-state index in [1.165, 1.54) is 12.2 Å². The predicted molar refractivity (Wildman–Crippen MR) is 51.5 cm³/mol. The number of halogens is 4. The molecule has 0 aliphatic rings. The number of ether oxygens (including phenoxy) is 1. The summed E-state index contributed by atoms with van der Waals surface area (Å²) in [6, 6.07) is -0.0231. The number of amides is 1. The van der Waals surface area contributed by atoms with E-state index in [9.17, 15) is 27.2 Å². The first-order valence-corrected chi connectivity index (χ1v) is 4.69. The highest BCUT2D eigenvalue weighted by molar-refractivity contribution is 6.37. The second-order valence-electron chi connectivity index (χ2n) is 3.02. The molecule has 0 radical (unpaired) electrons. The van der Waals surface area contributed by atoms with Crippen molar-refractivity contribution >= 4 is 17.6 Å². The number of anilines is 1. The van der Waals surface area contributed by atoms with Gasteiger partial charge < -0.3 is 10.1 Å². The minimum Gasteiger partial charge on any atom is -0.459 e. The fourth-order valence-corrected chi connectivity index (χ4v) is 1.04. The molecule has 0 heterocycles. The van der Waals surface area contributed by atoms with Crippen LogP contribution in [0.15, 0.2) is 6.07 Å². The second kappa shape index (κ2) is 5.48. The summed E-state index contributed by atoms with van der Waals surface area (Å²) in [6.07, 6.45) is 0. The van der Waals surface area contributed by atoms with Gasteiger partial charge in [0.25, 0.3) is 0 Å². The smallest absolute Gasteiger partial charge is 0.397 e. The lowest BCUT2D eigenvalue weighted by Crippen LogP contribution is -2.26. The third-order valence-electron chi connectivity index (χ3n) is 1.81. The first-order chi connectivity index (χ1) is 8.38. The molecule has 4 nitrogen and oxygen atoms in total. The first kappa shape index (κ1) is 13.9. The summed E-state index contributed by atoms with van der Waals surface area (Å²) in [4.78, 5) is 21.9. The van der Waals surface area contributed by atoms with Crippen LogP contribution in [0.3, 0.4) is 0 Å². The van der Waals surface area contributed by atoms with Gasteiger partial charge in [-0.15, -0.1) is 0 Å². The monoisotopic (exact) mass is 265 g/mol. The quantitative estimate of drug-likeness (QED) is 0.383. The molecule has 1 aromatic rings. The Kier molecular flexibility index (Phi) is 4.24. The Hall–Kier alpha value is -2.12. The van der Waals surface area contributed by atoms with E-state index in [0.29, 0.717) is 0 Å². The molecule has 0 aliphatic heterocycles. The Labute approximate surface area is 98.5 Å². The van der Waals surface area contributed by atoms with Crippen molar-refractivity contribution in [3.63, 3.8) is 0 Å². The molecule has 0 atom stereocenters. The number of nitrogens with one attached hydrogen (secondary N) is 1. The molecule has 0 spiro atoms. The number of hydrogen-bond donors (Lipinski definition) is 1. The average Bonchev–Trinajstić information content (AvgIpc) is 2.32. The van der Waals surface area contributed by atoms with Crippen LogP contribution in [-0.4, -0.2) is 18.5 Å². The van der Waals surface area contributed by atoms with Gasteiger partial charge in [-0.05, 0) is 6.92 Å². The molecule has 8 heteroatoms. The van der Waals surface area contributed by atoms with E-state index in [1.54, 1.807) is 0 Å². The maximum absolute atomic E-state index is 13.1. The highest BCUT2D eigenvalue weighted by Gasteiger charge is 2.24. The lowest BCUT2D eigenvalue weighted by atomic mass is 10.2. The molecule has 0 bridgehead atoms. The van der Waals surface area contributed by atoms with Gasteiger partial charge in [-0.2, -0.15) is 0 Å². The Bertz CT molecular complexity index is 478. The summed E-state index contributed by atoms with van der Waals surface area (Å²) < 4.78 is 56.0. The molecule has 0 aromatic heterocycles. The Morgan fingerprint density at radius 2 is 1.67 bits per heavy atom. The van der Waals surface area contributed by atoms with Crippen LogP contribution < -0.4 is 5.32 Å². The van der Waals surface area contributed by atoms with E-state index in [2.05, 4.69) is 4.74 Å². The zero-order chi connectivity index (χ0) is 13.9. The third kappa shape index (κ3) is 2.76. The van der Waals surface area contributed by atoms with Gasteiger partial charge in [-0.25, -0.2) is 22.4 Å². The summed E-state index contributed by atoms with van der Waals surface area (Å²) in [5.41, 5.74) is -1.38. The molecule has 1 amide bonds. The average molecular weight is 265 g/mol. The fraction of sp³-hybridized carbons (Fsp3) is 0.200. The van der Waals surface area contributed by atoms with E-state index in [4.69, 9.17) is 0 Å². The van der Waals surface area contributed by atoms with Gasteiger partial charge in [0, 0.05) is 6.07 Å². The number of carbonyl (C=O) groups is 2. The number of carbonyl (C=O) groups excluding carboxylic acids is 2. The van der Waals surface area contributed by atoms with Crippen molar-refractivity contribution in [2.45, 2.75) is 6.92 Å². The molecular formula is C10H7F4NO3. The third-order valence-corrected chi connectivity index (χ3v) is 1.81. The van der Waals surface area contributed by atoms with Gasteiger partial charge in [0.2, 0.25) is 0 Å². The van der Waals surface area contributed by atoms with Crippen molar-refractivity contribution in [3.8, 4) is 0 Å². The van der Waals surface area contributed by atoms with Gasteiger partial charge in [-0.1, -0.05) is 0 Å². The van der Waals surface area contributed by atoms with Gasteiger partial charge >= 0.3 is 11.9 Å². The van der Waals surface area contributed by atoms with Crippen molar-refractivity contribution in [3.05, 3.63) is 29.3 Å². The molecule has 0 saturated carbocycles. The van der Waals surface area contributed by atoms with E-state index in [0.717, 1.165) is 0 Å². The summed E-state index contributed by atoms with van der Waals surface area (Å²) in [5, 5.41) is 1.40. The van der Waals surface area contributed by atoms with E-state index in [1.807, 2.05) is 0 Å². The second-order valence-corrected chi connectivity index (χ2v) is 3.02. The SMILES string of the molecule is CCOC(=O)C(=O)Nc1c(F)c(F)cc(F)c1F. The molecule has 0 saturated heterocycles. The predicted octanol–water partition coefficient (Wildman–Crippen LogP) is 1.74. The maximum atomic E-state index is 13.1. The van der Waals surface area contributed by atoms with E-state index >= 15 is 0 Å². The van der Waals surface area contributed by atoms with Crippen LogP contribution in [0.5, 0.6) is 0 Å². The van der Waals surface area contributed by atoms with Crippen LogP contribution in [0, 0.1) is 23.3 Å². The Morgan fingerprint density at radius 3 is 2.11 bits per heavy atom. The minimum atomic E-state index is -1.81.